The molecule has 0 bridgehead atoms. The molecule has 0 heterocycles. The van der Waals surface area contributed by atoms with E-state index in [1.165, 1.54) is 0 Å². The van der Waals surface area contributed by atoms with Crippen LogP contribution in [0, 0.1) is 21.7 Å². The molecule has 104 valence electrons. The molecule has 0 fully saturated rings. The molecule has 0 aliphatic carbocycles. The number of benzene rings is 1. The van der Waals surface area contributed by atoms with Gasteiger partial charge in [0.05, 0.1) is 4.92 Å². The summed E-state index contributed by atoms with van der Waals surface area (Å²) in [5.74, 6) is -2.59. The standard InChI is InChI=1S/C11H12F2N2O4/c1-11(2,3)19-10(16)14-9-6(12)4-5-7(8(9)13)15(17)18/h4-5H,1-3H3,(H,14,16). The monoisotopic (exact) mass is 274 g/mol. The van der Waals surface area contributed by atoms with Crippen LogP contribution in [0.5, 0.6) is 0 Å². The fourth-order valence-corrected chi connectivity index (χ4v) is 1.20. The lowest BCUT2D eigenvalue weighted by atomic mass is 10.2. The molecule has 0 saturated heterocycles. The van der Waals surface area contributed by atoms with Crippen LogP contribution in [0.3, 0.4) is 0 Å². The predicted molar refractivity (Wildman–Crippen MR) is 62.9 cm³/mol. The summed E-state index contributed by atoms with van der Waals surface area (Å²) in [5, 5.41) is 12.3. The van der Waals surface area contributed by atoms with Gasteiger partial charge in [0.2, 0.25) is 5.82 Å². The van der Waals surface area contributed by atoms with Gasteiger partial charge in [-0.1, -0.05) is 0 Å². The molecule has 0 aromatic heterocycles. The lowest BCUT2D eigenvalue weighted by molar-refractivity contribution is -0.387. The molecule has 8 heteroatoms. The van der Waals surface area contributed by atoms with Gasteiger partial charge < -0.3 is 4.74 Å². The van der Waals surface area contributed by atoms with Crippen LogP contribution >= 0.6 is 0 Å². The second kappa shape index (κ2) is 5.17. The number of hydrogen-bond acceptors (Lipinski definition) is 4. The Morgan fingerprint density at radius 2 is 1.95 bits per heavy atom. The largest absolute Gasteiger partial charge is 0.444 e. The van der Waals surface area contributed by atoms with Gasteiger partial charge in [0, 0.05) is 6.07 Å². The van der Waals surface area contributed by atoms with Crippen molar-refractivity contribution in [2.24, 2.45) is 0 Å². The molecular weight excluding hydrogens is 262 g/mol. The number of ether oxygens (including phenoxy) is 1. The van der Waals surface area contributed by atoms with Crippen molar-refractivity contribution in [3.8, 4) is 0 Å². The van der Waals surface area contributed by atoms with Crippen molar-refractivity contribution in [1.82, 2.24) is 0 Å². The number of nitrogens with one attached hydrogen (secondary N) is 1. The second-order valence-electron chi connectivity index (χ2n) is 4.64. The molecule has 0 aliphatic heterocycles. The van der Waals surface area contributed by atoms with E-state index in [0.717, 1.165) is 0 Å². The minimum atomic E-state index is -1.46. The molecule has 0 aliphatic rings. The van der Waals surface area contributed by atoms with Gasteiger partial charge in [0.15, 0.2) is 0 Å². The first kappa shape index (κ1) is 14.8. The topological polar surface area (TPSA) is 81.5 Å². The van der Waals surface area contributed by atoms with E-state index in [4.69, 9.17) is 4.74 Å². The van der Waals surface area contributed by atoms with Gasteiger partial charge >= 0.3 is 11.8 Å². The maximum absolute atomic E-state index is 13.6. The molecule has 0 saturated carbocycles. The van der Waals surface area contributed by atoms with Crippen LogP contribution in [0.25, 0.3) is 0 Å². The summed E-state index contributed by atoms with van der Waals surface area (Å²) in [6.07, 6.45) is -1.11. The Kier molecular flexibility index (Phi) is 4.03. The number of hydrogen-bond donors (Lipinski definition) is 1. The molecule has 1 aromatic rings. The van der Waals surface area contributed by atoms with E-state index in [1.54, 1.807) is 20.8 Å². The number of halogens is 2. The molecule has 0 unspecified atom stereocenters. The van der Waals surface area contributed by atoms with Crippen LogP contribution < -0.4 is 5.32 Å². The van der Waals surface area contributed by atoms with E-state index in [1.807, 2.05) is 5.32 Å². The first-order valence-corrected chi connectivity index (χ1v) is 5.24. The van der Waals surface area contributed by atoms with Crippen molar-refractivity contribution in [3.63, 3.8) is 0 Å². The minimum absolute atomic E-state index is 0.672. The highest BCUT2D eigenvalue weighted by molar-refractivity contribution is 5.85. The summed E-state index contributed by atoms with van der Waals surface area (Å²) >= 11 is 0. The first-order valence-electron chi connectivity index (χ1n) is 5.24. The normalized spacial score (nSPS) is 11.0. The number of nitro benzene ring substituents is 1. The van der Waals surface area contributed by atoms with Crippen molar-refractivity contribution < 1.29 is 23.2 Å². The van der Waals surface area contributed by atoms with Crippen LogP contribution in [0.2, 0.25) is 0 Å². The van der Waals surface area contributed by atoms with Crippen LogP contribution in [-0.4, -0.2) is 16.6 Å². The molecule has 6 nitrogen and oxygen atoms in total. The van der Waals surface area contributed by atoms with Gasteiger partial charge in [0.1, 0.15) is 17.1 Å². The smallest absolute Gasteiger partial charge is 0.412 e. The summed E-state index contributed by atoms with van der Waals surface area (Å²) in [5.41, 5.74) is -2.71. The highest BCUT2D eigenvalue weighted by Crippen LogP contribution is 2.27. The van der Waals surface area contributed by atoms with Gasteiger partial charge in [-0.15, -0.1) is 0 Å². The fraction of sp³-hybridized carbons (Fsp3) is 0.364. The summed E-state index contributed by atoms with van der Waals surface area (Å²) in [6, 6.07) is 1.36. The average Bonchev–Trinajstić information content (AvgIpc) is 2.21. The van der Waals surface area contributed by atoms with Crippen LogP contribution in [0.15, 0.2) is 12.1 Å². The van der Waals surface area contributed by atoms with Gasteiger partial charge in [-0.25, -0.2) is 9.18 Å². The third kappa shape index (κ3) is 3.87. The third-order valence-electron chi connectivity index (χ3n) is 1.89. The predicted octanol–water partition coefficient (Wildman–Crippen LogP) is 3.22. The summed E-state index contributed by atoms with van der Waals surface area (Å²) < 4.78 is 31.8. The average molecular weight is 274 g/mol. The highest BCUT2D eigenvalue weighted by atomic mass is 19.1. The Labute approximate surface area is 107 Å². The maximum Gasteiger partial charge on any atom is 0.412 e. The van der Waals surface area contributed by atoms with Gasteiger partial charge in [-0.2, -0.15) is 4.39 Å². The zero-order valence-electron chi connectivity index (χ0n) is 10.5. The number of rotatable bonds is 2. The Bertz CT molecular complexity index is 526. The first-order chi connectivity index (χ1) is 8.61. The molecular formula is C11H12F2N2O4. The summed E-state index contributed by atoms with van der Waals surface area (Å²) in [4.78, 5) is 20.9. The van der Waals surface area contributed by atoms with Gasteiger partial charge in [-0.05, 0) is 26.8 Å². The van der Waals surface area contributed by atoms with Crippen molar-refractivity contribution in [2.75, 3.05) is 5.32 Å². The second-order valence-corrected chi connectivity index (χ2v) is 4.64. The van der Waals surface area contributed by atoms with Crippen molar-refractivity contribution >= 4 is 17.5 Å². The lowest BCUT2D eigenvalue weighted by Gasteiger charge is -2.19. The Morgan fingerprint density at radius 1 is 1.37 bits per heavy atom. The van der Waals surface area contributed by atoms with E-state index in [2.05, 4.69) is 0 Å². The molecule has 1 N–H and O–H groups in total. The van der Waals surface area contributed by atoms with Gasteiger partial charge in [-0.3, -0.25) is 15.4 Å². The molecule has 1 rings (SSSR count). The number of nitrogens with zero attached hydrogens (tertiary/aromatic N) is 1. The number of carbonyl (C=O) groups is 1. The molecule has 0 radical (unpaired) electrons. The number of anilines is 1. The Morgan fingerprint density at radius 3 is 2.42 bits per heavy atom. The SMILES string of the molecule is CC(C)(C)OC(=O)Nc1c(F)ccc([N+](=O)[O-])c1F. The Hall–Kier alpha value is -2.25. The number of nitro groups is 1. The van der Waals surface area contributed by atoms with E-state index in [-0.39, 0.29) is 0 Å². The quantitative estimate of drug-likeness (QED) is 0.663. The minimum Gasteiger partial charge on any atom is -0.444 e. The van der Waals surface area contributed by atoms with Crippen molar-refractivity contribution in [1.29, 1.82) is 0 Å². The fourth-order valence-electron chi connectivity index (χ4n) is 1.20. The van der Waals surface area contributed by atoms with E-state index in [9.17, 15) is 23.7 Å². The van der Waals surface area contributed by atoms with E-state index in [0.29, 0.717) is 12.1 Å². The molecule has 0 spiro atoms. The van der Waals surface area contributed by atoms with Crippen LogP contribution in [0.4, 0.5) is 25.0 Å². The van der Waals surface area contributed by atoms with Crippen molar-refractivity contribution in [2.45, 2.75) is 26.4 Å². The van der Waals surface area contributed by atoms with E-state index >= 15 is 0 Å². The zero-order valence-corrected chi connectivity index (χ0v) is 10.5. The van der Waals surface area contributed by atoms with E-state index < -0.39 is 39.6 Å². The van der Waals surface area contributed by atoms with Crippen LogP contribution in [-0.2, 0) is 4.74 Å². The molecule has 19 heavy (non-hydrogen) atoms. The molecule has 1 aromatic carbocycles. The number of amides is 1. The third-order valence-corrected chi connectivity index (χ3v) is 1.89. The molecule has 1 amide bonds. The van der Waals surface area contributed by atoms with Crippen molar-refractivity contribution in [3.05, 3.63) is 33.9 Å². The summed E-state index contributed by atoms with van der Waals surface area (Å²) in [7, 11) is 0. The highest BCUT2D eigenvalue weighted by Gasteiger charge is 2.24. The number of carbonyl (C=O) groups excluding carboxylic acids is 1. The maximum atomic E-state index is 13.6. The van der Waals surface area contributed by atoms with Crippen LogP contribution in [0.1, 0.15) is 20.8 Å². The van der Waals surface area contributed by atoms with Gasteiger partial charge in [0.25, 0.3) is 0 Å². The molecule has 0 atom stereocenters. The lowest BCUT2D eigenvalue weighted by Crippen LogP contribution is -2.27. The Balaban J connectivity index is 3.04. The zero-order chi connectivity index (χ0) is 14.8. The summed E-state index contributed by atoms with van der Waals surface area (Å²) in [6.45, 7) is 4.69.